The SMILES string of the molecule is CCC(CC)=C(O)[C@@H](O)[C@@H](O)[C@H](O)[C@H](O)CO. The van der Waals surface area contributed by atoms with Gasteiger partial charge in [0.1, 0.15) is 30.2 Å². The molecule has 0 aliphatic heterocycles. The Kier molecular flexibility index (Phi) is 7.33. The topological polar surface area (TPSA) is 121 Å². The molecular weight excluding hydrogens is 228 g/mol. The van der Waals surface area contributed by atoms with E-state index in [1.165, 1.54) is 0 Å². The molecule has 6 heteroatoms. The van der Waals surface area contributed by atoms with Crippen molar-refractivity contribution in [3.8, 4) is 0 Å². The molecule has 6 N–H and O–H groups in total. The van der Waals surface area contributed by atoms with Crippen LogP contribution >= 0.6 is 0 Å². The summed E-state index contributed by atoms with van der Waals surface area (Å²) in [5.74, 6) is -0.397. The van der Waals surface area contributed by atoms with E-state index >= 15 is 0 Å². The Morgan fingerprint density at radius 3 is 1.76 bits per heavy atom. The van der Waals surface area contributed by atoms with Crippen LogP contribution in [0, 0.1) is 0 Å². The zero-order valence-electron chi connectivity index (χ0n) is 10.1. The first kappa shape index (κ1) is 16.3. The van der Waals surface area contributed by atoms with Crippen molar-refractivity contribution >= 4 is 0 Å². The zero-order chi connectivity index (χ0) is 13.6. The molecule has 0 radical (unpaired) electrons. The number of hydrogen-bond acceptors (Lipinski definition) is 6. The fraction of sp³-hybridized carbons (Fsp3) is 0.818. The highest BCUT2D eigenvalue weighted by Gasteiger charge is 2.32. The van der Waals surface area contributed by atoms with Gasteiger partial charge < -0.3 is 30.6 Å². The lowest BCUT2D eigenvalue weighted by Crippen LogP contribution is -2.46. The summed E-state index contributed by atoms with van der Waals surface area (Å²) in [7, 11) is 0. The molecular formula is C11H22O6. The van der Waals surface area contributed by atoms with E-state index in [2.05, 4.69) is 0 Å². The first-order valence-electron chi connectivity index (χ1n) is 5.64. The lowest BCUT2D eigenvalue weighted by Gasteiger charge is -2.26. The van der Waals surface area contributed by atoms with Crippen LogP contribution < -0.4 is 0 Å². The molecule has 4 atom stereocenters. The highest BCUT2D eigenvalue weighted by Crippen LogP contribution is 2.18. The Bertz CT molecular complexity index is 246. The van der Waals surface area contributed by atoms with Crippen LogP contribution in [0.2, 0.25) is 0 Å². The van der Waals surface area contributed by atoms with E-state index in [-0.39, 0.29) is 0 Å². The molecule has 0 aromatic rings. The van der Waals surface area contributed by atoms with Gasteiger partial charge in [-0.2, -0.15) is 0 Å². The van der Waals surface area contributed by atoms with Crippen molar-refractivity contribution in [3.05, 3.63) is 11.3 Å². The van der Waals surface area contributed by atoms with Crippen LogP contribution in [0.5, 0.6) is 0 Å². The number of rotatable bonds is 7. The van der Waals surface area contributed by atoms with Crippen molar-refractivity contribution in [2.45, 2.75) is 51.1 Å². The summed E-state index contributed by atoms with van der Waals surface area (Å²) in [6.45, 7) is 2.82. The third-order valence-electron chi connectivity index (χ3n) is 2.75. The monoisotopic (exact) mass is 250 g/mol. The lowest BCUT2D eigenvalue weighted by atomic mass is 9.98. The van der Waals surface area contributed by atoms with Crippen molar-refractivity contribution in [1.29, 1.82) is 0 Å². The summed E-state index contributed by atoms with van der Waals surface area (Å²) >= 11 is 0. The Morgan fingerprint density at radius 2 is 1.41 bits per heavy atom. The van der Waals surface area contributed by atoms with Gasteiger partial charge in [0, 0.05) is 0 Å². The van der Waals surface area contributed by atoms with E-state index in [0.29, 0.717) is 18.4 Å². The van der Waals surface area contributed by atoms with Gasteiger partial charge in [-0.15, -0.1) is 0 Å². The highest BCUT2D eigenvalue weighted by molar-refractivity contribution is 5.12. The van der Waals surface area contributed by atoms with Crippen molar-refractivity contribution in [2.24, 2.45) is 0 Å². The van der Waals surface area contributed by atoms with E-state index in [4.69, 9.17) is 10.2 Å². The van der Waals surface area contributed by atoms with Gasteiger partial charge in [-0.05, 0) is 18.4 Å². The molecule has 0 spiro atoms. The van der Waals surface area contributed by atoms with Crippen LogP contribution in [-0.4, -0.2) is 61.7 Å². The average Bonchev–Trinajstić information content (AvgIpc) is 2.36. The fourth-order valence-electron chi connectivity index (χ4n) is 1.51. The molecule has 0 saturated heterocycles. The third-order valence-corrected chi connectivity index (χ3v) is 2.75. The maximum Gasteiger partial charge on any atom is 0.139 e. The second-order valence-electron chi connectivity index (χ2n) is 3.87. The molecule has 102 valence electrons. The molecule has 0 aromatic heterocycles. The Balaban J connectivity index is 4.80. The molecule has 0 rings (SSSR count). The van der Waals surface area contributed by atoms with Crippen LogP contribution in [0.15, 0.2) is 11.3 Å². The van der Waals surface area contributed by atoms with Crippen molar-refractivity contribution in [1.82, 2.24) is 0 Å². The number of allylic oxidation sites excluding steroid dienone is 1. The quantitative estimate of drug-likeness (QED) is 0.324. The van der Waals surface area contributed by atoms with Crippen LogP contribution in [0.1, 0.15) is 26.7 Å². The number of aliphatic hydroxyl groups excluding tert-OH is 6. The number of hydrogen-bond donors (Lipinski definition) is 6. The molecule has 6 nitrogen and oxygen atoms in total. The summed E-state index contributed by atoms with van der Waals surface area (Å²) in [4.78, 5) is 0. The predicted octanol–water partition coefficient (Wildman–Crippen LogP) is -0.946. The Morgan fingerprint density at radius 1 is 0.941 bits per heavy atom. The van der Waals surface area contributed by atoms with Crippen molar-refractivity contribution in [3.63, 3.8) is 0 Å². The average molecular weight is 250 g/mol. The molecule has 0 fully saturated rings. The van der Waals surface area contributed by atoms with E-state index in [1.807, 2.05) is 0 Å². The smallest absolute Gasteiger partial charge is 0.139 e. The minimum atomic E-state index is -1.76. The first-order chi connectivity index (χ1) is 7.90. The van der Waals surface area contributed by atoms with E-state index in [0.717, 1.165) is 0 Å². The van der Waals surface area contributed by atoms with Gasteiger partial charge in [0.15, 0.2) is 0 Å². The minimum absolute atomic E-state index is 0.397. The molecule has 17 heavy (non-hydrogen) atoms. The van der Waals surface area contributed by atoms with Gasteiger partial charge in [-0.3, -0.25) is 0 Å². The van der Waals surface area contributed by atoms with Crippen LogP contribution in [0.3, 0.4) is 0 Å². The number of aliphatic hydroxyl groups is 6. The fourth-order valence-corrected chi connectivity index (χ4v) is 1.51. The second kappa shape index (κ2) is 7.62. The highest BCUT2D eigenvalue weighted by atomic mass is 16.4. The standard InChI is InChI=1S/C11H22O6/c1-3-6(4-2)8(14)10(16)11(17)9(15)7(13)5-12/h7,9-17H,3-5H2,1-2H3/t7-,9-,10-,11+/m1/s1. The Labute approximate surface area is 100 Å². The Hall–Kier alpha value is -0.660. The maximum atomic E-state index is 9.67. The summed E-state index contributed by atoms with van der Waals surface area (Å²) in [5, 5.41) is 55.9. The molecule has 0 heterocycles. The van der Waals surface area contributed by atoms with E-state index < -0.39 is 36.8 Å². The van der Waals surface area contributed by atoms with Gasteiger partial charge in [-0.1, -0.05) is 13.8 Å². The molecule has 0 aromatic carbocycles. The third kappa shape index (κ3) is 4.25. The largest absolute Gasteiger partial charge is 0.509 e. The normalized spacial score (nSPS) is 18.3. The second-order valence-corrected chi connectivity index (χ2v) is 3.87. The summed E-state index contributed by atoms with van der Waals surface area (Å²) in [6, 6.07) is 0. The summed E-state index contributed by atoms with van der Waals surface area (Å²) in [5.41, 5.74) is 0.558. The van der Waals surface area contributed by atoms with Crippen molar-refractivity contribution < 1.29 is 30.6 Å². The van der Waals surface area contributed by atoms with Gasteiger partial charge in [0.25, 0.3) is 0 Å². The maximum absolute atomic E-state index is 9.67. The van der Waals surface area contributed by atoms with Crippen LogP contribution in [0.4, 0.5) is 0 Å². The minimum Gasteiger partial charge on any atom is -0.509 e. The van der Waals surface area contributed by atoms with E-state index in [1.54, 1.807) is 13.8 Å². The van der Waals surface area contributed by atoms with Crippen LogP contribution in [0.25, 0.3) is 0 Å². The zero-order valence-corrected chi connectivity index (χ0v) is 10.1. The summed E-state index contributed by atoms with van der Waals surface area (Å²) in [6.07, 6.45) is -5.73. The molecule has 0 amide bonds. The van der Waals surface area contributed by atoms with Gasteiger partial charge in [-0.25, -0.2) is 0 Å². The molecule has 0 aliphatic carbocycles. The summed E-state index contributed by atoms with van der Waals surface area (Å²) < 4.78 is 0. The van der Waals surface area contributed by atoms with E-state index in [9.17, 15) is 20.4 Å². The van der Waals surface area contributed by atoms with Crippen molar-refractivity contribution in [2.75, 3.05) is 6.61 Å². The molecule has 0 saturated carbocycles. The molecule has 0 unspecified atom stereocenters. The molecule has 0 bridgehead atoms. The lowest BCUT2D eigenvalue weighted by molar-refractivity contribution is -0.113. The van der Waals surface area contributed by atoms with Gasteiger partial charge >= 0.3 is 0 Å². The first-order valence-corrected chi connectivity index (χ1v) is 5.64. The molecule has 0 aliphatic rings. The van der Waals surface area contributed by atoms with Gasteiger partial charge in [0.05, 0.1) is 6.61 Å². The van der Waals surface area contributed by atoms with Gasteiger partial charge in [0.2, 0.25) is 0 Å². The van der Waals surface area contributed by atoms with Crippen LogP contribution in [-0.2, 0) is 0 Å². The predicted molar refractivity (Wildman–Crippen MR) is 61.3 cm³/mol.